The van der Waals surface area contributed by atoms with Gasteiger partial charge in [0.2, 0.25) is 0 Å². The lowest BCUT2D eigenvalue weighted by molar-refractivity contribution is 0.181. The Bertz CT molecular complexity index is 201. The Kier molecular flexibility index (Phi) is 5.44. The molecule has 0 spiro atoms. The Morgan fingerprint density at radius 3 is 2.42 bits per heavy atom. The van der Waals surface area contributed by atoms with Crippen molar-refractivity contribution in [1.82, 2.24) is 0 Å². The van der Waals surface area contributed by atoms with Crippen LogP contribution in [0.4, 0.5) is 0 Å². The molecular formula is C7H17NO3S. The minimum absolute atomic E-state index is 0.0277. The number of rotatable bonds is 6. The van der Waals surface area contributed by atoms with Gasteiger partial charge in [0.05, 0.1) is 5.75 Å². The second kappa shape index (κ2) is 5.50. The summed E-state index contributed by atoms with van der Waals surface area (Å²) in [5.74, 6) is 0.187. The Labute approximate surface area is 74.0 Å². The van der Waals surface area contributed by atoms with Gasteiger partial charge in [-0.3, -0.25) is 0 Å². The van der Waals surface area contributed by atoms with Gasteiger partial charge in [-0.05, 0) is 18.9 Å². The smallest absolute Gasteiger partial charge is 0.147 e. The van der Waals surface area contributed by atoms with Crippen molar-refractivity contribution >= 4 is 9.84 Å². The molecule has 0 aliphatic carbocycles. The van der Waals surface area contributed by atoms with Crippen molar-refractivity contribution in [1.29, 1.82) is 0 Å². The maximum Gasteiger partial charge on any atom is 0.147 e. The molecule has 12 heavy (non-hydrogen) atoms. The fourth-order valence-corrected chi connectivity index (χ4v) is 2.14. The van der Waals surface area contributed by atoms with E-state index in [9.17, 15) is 8.42 Å². The molecule has 1 atom stereocenters. The topological polar surface area (TPSA) is 69.4 Å². The molecule has 0 aromatic carbocycles. The first-order chi connectivity index (χ1) is 5.49. The zero-order valence-electron chi connectivity index (χ0n) is 7.62. The monoisotopic (exact) mass is 195 g/mol. The van der Waals surface area contributed by atoms with Gasteiger partial charge in [-0.1, -0.05) is 0 Å². The van der Waals surface area contributed by atoms with Gasteiger partial charge in [0, 0.05) is 20.0 Å². The average molecular weight is 195 g/mol. The second-order valence-electron chi connectivity index (χ2n) is 2.98. The van der Waals surface area contributed by atoms with Crippen LogP contribution in [0.25, 0.3) is 0 Å². The molecule has 0 saturated heterocycles. The molecule has 0 heterocycles. The first kappa shape index (κ1) is 11.9. The van der Waals surface area contributed by atoms with Crippen LogP contribution in [0, 0.1) is 5.92 Å². The fourth-order valence-electron chi connectivity index (χ4n) is 0.982. The van der Waals surface area contributed by atoms with Gasteiger partial charge in [0.25, 0.3) is 0 Å². The van der Waals surface area contributed by atoms with E-state index in [0.717, 1.165) is 0 Å². The second-order valence-corrected chi connectivity index (χ2v) is 5.16. The Balaban J connectivity index is 3.83. The Hall–Kier alpha value is -0.130. The standard InChI is InChI=1S/C7H17NO3S/c1-11-4-3-7(5-8)6-12(2,9)10/h7H,3-6,8H2,1-2H3. The van der Waals surface area contributed by atoms with E-state index >= 15 is 0 Å². The molecule has 0 bridgehead atoms. The zero-order chi connectivity index (χ0) is 9.61. The third-order valence-electron chi connectivity index (χ3n) is 1.60. The molecule has 2 N–H and O–H groups in total. The highest BCUT2D eigenvalue weighted by molar-refractivity contribution is 7.90. The molecule has 0 fully saturated rings. The third kappa shape index (κ3) is 6.57. The summed E-state index contributed by atoms with van der Waals surface area (Å²) in [7, 11) is -1.31. The molecule has 0 amide bonds. The van der Waals surface area contributed by atoms with E-state index in [4.69, 9.17) is 10.5 Å². The van der Waals surface area contributed by atoms with Crippen molar-refractivity contribution in [2.75, 3.05) is 32.3 Å². The predicted molar refractivity (Wildman–Crippen MR) is 48.7 cm³/mol. The van der Waals surface area contributed by atoms with Crippen LogP contribution < -0.4 is 5.73 Å². The first-order valence-electron chi connectivity index (χ1n) is 3.86. The average Bonchev–Trinajstić information content (AvgIpc) is 1.95. The van der Waals surface area contributed by atoms with Crippen molar-refractivity contribution < 1.29 is 13.2 Å². The van der Waals surface area contributed by atoms with E-state index < -0.39 is 9.84 Å². The summed E-state index contributed by atoms with van der Waals surface area (Å²) in [5, 5.41) is 0. The van der Waals surface area contributed by atoms with E-state index in [1.807, 2.05) is 0 Å². The highest BCUT2D eigenvalue weighted by atomic mass is 32.2. The van der Waals surface area contributed by atoms with Gasteiger partial charge in [-0.25, -0.2) is 8.42 Å². The minimum atomic E-state index is -2.90. The van der Waals surface area contributed by atoms with Crippen molar-refractivity contribution in [3.05, 3.63) is 0 Å². The van der Waals surface area contributed by atoms with Crippen LogP contribution in [0.2, 0.25) is 0 Å². The number of nitrogens with two attached hydrogens (primary N) is 1. The van der Waals surface area contributed by atoms with E-state index in [0.29, 0.717) is 19.6 Å². The Morgan fingerprint density at radius 1 is 1.50 bits per heavy atom. The summed E-state index contributed by atoms with van der Waals surface area (Å²) in [4.78, 5) is 0. The predicted octanol–water partition coefficient (Wildman–Crippen LogP) is -0.358. The Morgan fingerprint density at radius 2 is 2.08 bits per heavy atom. The normalized spacial score (nSPS) is 14.6. The third-order valence-corrected chi connectivity index (χ3v) is 2.68. The highest BCUT2D eigenvalue weighted by Gasteiger charge is 2.13. The molecule has 74 valence electrons. The summed E-state index contributed by atoms with van der Waals surface area (Å²) in [6, 6.07) is 0. The molecule has 5 heteroatoms. The summed E-state index contributed by atoms with van der Waals surface area (Å²) in [6.45, 7) is 0.966. The lowest BCUT2D eigenvalue weighted by Crippen LogP contribution is -2.24. The molecule has 0 aliphatic heterocycles. The molecule has 4 nitrogen and oxygen atoms in total. The number of hydrogen-bond acceptors (Lipinski definition) is 4. The fraction of sp³-hybridized carbons (Fsp3) is 1.00. The number of ether oxygens (including phenoxy) is 1. The van der Waals surface area contributed by atoms with Gasteiger partial charge >= 0.3 is 0 Å². The van der Waals surface area contributed by atoms with Crippen LogP contribution in [0.15, 0.2) is 0 Å². The van der Waals surface area contributed by atoms with Crippen LogP contribution in [0.1, 0.15) is 6.42 Å². The molecule has 0 aromatic heterocycles. The quantitative estimate of drug-likeness (QED) is 0.628. The molecule has 0 aliphatic rings. The number of methoxy groups -OCH3 is 1. The molecule has 0 rings (SSSR count). The van der Waals surface area contributed by atoms with Gasteiger partial charge in [-0.2, -0.15) is 0 Å². The molecular weight excluding hydrogens is 178 g/mol. The summed E-state index contributed by atoms with van der Waals surface area (Å²) in [5.41, 5.74) is 5.40. The van der Waals surface area contributed by atoms with E-state index in [2.05, 4.69) is 0 Å². The summed E-state index contributed by atoms with van der Waals surface area (Å²) in [6.07, 6.45) is 1.93. The first-order valence-corrected chi connectivity index (χ1v) is 5.92. The molecule has 0 aromatic rings. The van der Waals surface area contributed by atoms with Gasteiger partial charge in [-0.15, -0.1) is 0 Å². The maximum atomic E-state index is 10.9. The minimum Gasteiger partial charge on any atom is -0.385 e. The van der Waals surface area contributed by atoms with Crippen molar-refractivity contribution in [3.8, 4) is 0 Å². The summed E-state index contributed by atoms with van der Waals surface area (Å²) >= 11 is 0. The van der Waals surface area contributed by atoms with Crippen LogP contribution in [-0.4, -0.2) is 40.7 Å². The lowest BCUT2D eigenvalue weighted by atomic mass is 10.1. The SMILES string of the molecule is COCCC(CN)CS(C)(=O)=O. The molecule has 1 unspecified atom stereocenters. The van der Waals surface area contributed by atoms with Crippen molar-refractivity contribution in [3.63, 3.8) is 0 Å². The highest BCUT2D eigenvalue weighted by Crippen LogP contribution is 2.04. The molecule has 0 radical (unpaired) electrons. The zero-order valence-corrected chi connectivity index (χ0v) is 8.43. The number of hydrogen-bond donors (Lipinski definition) is 1. The van der Waals surface area contributed by atoms with Crippen LogP contribution in [-0.2, 0) is 14.6 Å². The van der Waals surface area contributed by atoms with Crippen LogP contribution >= 0.6 is 0 Å². The van der Waals surface area contributed by atoms with Crippen LogP contribution in [0.5, 0.6) is 0 Å². The molecule has 0 saturated carbocycles. The maximum absolute atomic E-state index is 10.9. The van der Waals surface area contributed by atoms with Crippen molar-refractivity contribution in [2.24, 2.45) is 11.7 Å². The largest absolute Gasteiger partial charge is 0.385 e. The van der Waals surface area contributed by atoms with Crippen molar-refractivity contribution in [2.45, 2.75) is 6.42 Å². The van der Waals surface area contributed by atoms with E-state index in [-0.39, 0.29) is 11.7 Å². The summed E-state index contributed by atoms with van der Waals surface area (Å²) < 4.78 is 26.6. The number of sulfone groups is 1. The van der Waals surface area contributed by atoms with E-state index in [1.54, 1.807) is 7.11 Å². The van der Waals surface area contributed by atoms with Gasteiger partial charge < -0.3 is 10.5 Å². The van der Waals surface area contributed by atoms with Gasteiger partial charge in [0.1, 0.15) is 9.84 Å². The van der Waals surface area contributed by atoms with Crippen LogP contribution in [0.3, 0.4) is 0 Å². The van der Waals surface area contributed by atoms with E-state index in [1.165, 1.54) is 6.26 Å². The van der Waals surface area contributed by atoms with Gasteiger partial charge in [0.15, 0.2) is 0 Å². The lowest BCUT2D eigenvalue weighted by Gasteiger charge is -2.11.